The number of sulfone groups is 1. The molecule has 1 N–H and O–H groups in total. The van der Waals surface area contributed by atoms with E-state index in [1.54, 1.807) is 24.3 Å². The Labute approximate surface area is 122 Å². The molecule has 2 rings (SSSR count). The Hall–Kier alpha value is -1.85. The van der Waals surface area contributed by atoms with Gasteiger partial charge < -0.3 is 5.21 Å². The molecule has 0 fully saturated rings. The molecular weight excluding hydrogens is 298 g/mol. The summed E-state index contributed by atoms with van der Waals surface area (Å²) in [5.41, 5.74) is 1.10. The fraction of sp³-hybridized carbons (Fsp3) is 0.0714. The zero-order chi connectivity index (χ0) is 14.8. The molecule has 0 aliphatic heterocycles. The molecule has 0 aliphatic rings. The molecule has 0 aromatic heterocycles. The summed E-state index contributed by atoms with van der Waals surface area (Å²) in [6, 6.07) is 12.6. The van der Waals surface area contributed by atoms with Crippen LogP contribution in [0.3, 0.4) is 0 Å². The highest BCUT2D eigenvalue weighted by atomic mass is 35.5. The van der Waals surface area contributed by atoms with E-state index in [-0.39, 0.29) is 15.5 Å². The summed E-state index contributed by atoms with van der Waals surface area (Å²) in [7, 11) is -3.93. The zero-order valence-corrected chi connectivity index (χ0v) is 12.2. The van der Waals surface area contributed by atoms with Gasteiger partial charge >= 0.3 is 0 Å². The van der Waals surface area contributed by atoms with Gasteiger partial charge in [-0.25, -0.2) is 8.42 Å². The summed E-state index contributed by atoms with van der Waals surface area (Å²) < 4.78 is 25.0. The topological polar surface area (TPSA) is 66.7 Å². The molecule has 0 unspecified atom stereocenters. The van der Waals surface area contributed by atoms with E-state index in [1.807, 2.05) is 6.92 Å². The van der Waals surface area contributed by atoms with Crippen LogP contribution in [0.5, 0.6) is 0 Å². The van der Waals surface area contributed by atoms with Crippen LogP contribution in [0.4, 0.5) is 0 Å². The largest absolute Gasteiger partial charge is 0.410 e. The number of halogens is 1. The normalized spacial score (nSPS) is 12.4. The van der Waals surface area contributed by atoms with Gasteiger partial charge in [-0.15, -0.1) is 0 Å². The van der Waals surface area contributed by atoms with Crippen molar-refractivity contribution in [1.82, 2.24) is 0 Å². The summed E-state index contributed by atoms with van der Waals surface area (Å²) >= 11 is 5.96. The highest BCUT2D eigenvalue weighted by molar-refractivity contribution is 8.07. The number of hydrogen-bond donors (Lipinski definition) is 1. The van der Waals surface area contributed by atoms with Gasteiger partial charge in [0.25, 0.3) is 0 Å². The van der Waals surface area contributed by atoms with Gasteiger partial charge in [0.15, 0.2) is 0 Å². The van der Waals surface area contributed by atoms with Gasteiger partial charge in [-0.3, -0.25) is 0 Å². The lowest BCUT2D eigenvalue weighted by molar-refractivity contribution is 0.320. The van der Waals surface area contributed by atoms with Crippen LogP contribution in [0.15, 0.2) is 58.6 Å². The minimum atomic E-state index is -3.93. The van der Waals surface area contributed by atoms with Crippen molar-refractivity contribution in [3.05, 3.63) is 64.7 Å². The van der Waals surface area contributed by atoms with Gasteiger partial charge in [-0.05, 0) is 25.1 Å². The molecule has 2 aromatic carbocycles. The maximum atomic E-state index is 12.5. The lowest BCUT2D eigenvalue weighted by atomic mass is 10.2. The van der Waals surface area contributed by atoms with E-state index < -0.39 is 14.9 Å². The summed E-state index contributed by atoms with van der Waals surface area (Å²) in [6.45, 7) is 1.85. The number of hydrogen-bond acceptors (Lipinski definition) is 4. The Morgan fingerprint density at radius 3 is 2.25 bits per heavy atom. The van der Waals surface area contributed by atoms with E-state index >= 15 is 0 Å². The first-order chi connectivity index (χ1) is 9.46. The van der Waals surface area contributed by atoms with Crippen molar-refractivity contribution in [2.24, 2.45) is 5.16 Å². The summed E-state index contributed by atoms with van der Waals surface area (Å²) in [6.07, 6.45) is 0. The van der Waals surface area contributed by atoms with E-state index in [4.69, 9.17) is 16.8 Å². The fourth-order valence-corrected chi connectivity index (χ4v) is 3.29. The molecule has 0 saturated heterocycles. The molecule has 0 heterocycles. The smallest absolute Gasteiger partial charge is 0.227 e. The standard InChI is InChI=1S/C14H12ClNO3S/c1-10-6-8-11(9-7-10)20(18,19)14(16-17)12-4-2-3-5-13(12)15/h2-9,17H,1H3/b16-14+. The molecule has 104 valence electrons. The molecule has 0 bridgehead atoms. The van der Waals surface area contributed by atoms with Gasteiger partial charge in [0.05, 0.1) is 9.92 Å². The third-order valence-corrected chi connectivity index (χ3v) is 4.81. The number of nitrogens with zero attached hydrogens (tertiary/aromatic N) is 1. The Bertz CT molecular complexity index is 752. The first kappa shape index (κ1) is 14.6. The van der Waals surface area contributed by atoms with E-state index in [0.717, 1.165) is 5.56 Å². The predicted molar refractivity (Wildman–Crippen MR) is 78.1 cm³/mol. The maximum absolute atomic E-state index is 12.5. The second kappa shape index (κ2) is 5.64. The van der Waals surface area contributed by atoms with Crippen molar-refractivity contribution in [3.8, 4) is 0 Å². The Morgan fingerprint density at radius 1 is 1.10 bits per heavy atom. The molecule has 6 heteroatoms. The second-order valence-corrected chi connectivity index (χ2v) is 6.47. The Morgan fingerprint density at radius 2 is 1.70 bits per heavy atom. The molecule has 0 aliphatic carbocycles. The van der Waals surface area contributed by atoms with Gasteiger partial charge in [0, 0.05) is 5.56 Å². The Kier molecular flexibility index (Phi) is 4.11. The number of benzene rings is 2. The van der Waals surface area contributed by atoms with E-state index in [9.17, 15) is 8.42 Å². The van der Waals surface area contributed by atoms with Crippen molar-refractivity contribution in [1.29, 1.82) is 0 Å². The van der Waals surface area contributed by atoms with Gasteiger partial charge in [-0.1, -0.05) is 52.7 Å². The molecule has 0 atom stereocenters. The van der Waals surface area contributed by atoms with Crippen molar-refractivity contribution >= 4 is 26.5 Å². The zero-order valence-electron chi connectivity index (χ0n) is 10.6. The third-order valence-electron chi connectivity index (χ3n) is 2.78. The van der Waals surface area contributed by atoms with Crippen molar-refractivity contribution in [2.75, 3.05) is 0 Å². The number of rotatable bonds is 2. The van der Waals surface area contributed by atoms with Crippen LogP contribution in [0, 0.1) is 6.92 Å². The van der Waals surface area contributed by atoms with E-state index in [2.05, 4.69) is 5.16 Å². The minimum absolute atomic E-state index is 0.0517. The molecule has 20 heavy (non-hydrogen) atoms. The van der Waals surface area contributed by atoms with Crippen LogP contribution < -0.4 is 0 Å². The average Bonchev–Trinajstić information content (AvgIpc) is 2.42. The molecular formula is C14H12ClNO3S. The van der Waals surface area contributed by atoms with E-state index in [1.165, 1.54) is 24.3 Å². The third kappa shape index (κ3) is 2.69. The lowest BCUT2D eigenvalue weighted by Crippen LogP contribution is -2.17. The van der Waals surface area contributed by atoms with Crippen LogP contribution in [-0.2, 0) is 9.84 Å². The van der Waals surface area contributed by atoms with Crippen LogP contribution in [0.25, 0.3) is 0 Å². The first-order valence-corrected chi connectivity index (χ1v) is 7.61. The quantitative estimate of drug-likeness (QED) is 0.401. The van der Waals surface area contributed by atoms with E-state index in [0.29, 0.717) is 0 Å². The van der Waals surface area contributed by atoms with Crippen LogP contribution in [0.1, 0.15) is 11.1 Å². The SMILES string of the molecule is Cc1ccc(S(=O)(=O)/C(=N/O)c2ccccc2Cl)cc1. The van der Waals surface area contributed by atoms with Gasteiger partial charge in [0.1, 0.15) is 0 Å². The summed E-state index contributed by atoms with van der Waals surface area (Å²) in [5, 5.41) is 11.8. The summed E-state index contributed by atoms with van der Waals surface area (Å²) in [4.78, 5) is 0.0517. The lowest BCUT2D eigenvalue weighted by Gasteiger charge is -2.08. The molecule has 2 aromatic rings. The molecule has 4 nitrogen and oxygen atoms in total. The predicted octanol–water partition coefficient (Wildman–Crippen LogP) is 3.26. The van der Waals surface area contributed by atoms with Crippen LogP contribution in [0.2, 0.25) is 5.02 Å². The minimum Gasteiger partial charge on any atom is -0.410 e. The number of aryl methyl sites for hydroxylation is 1. The summed E-state index contributed by atoms with van der Waals surface area (Å²) in [5.74, 6) is 0. The highest BCUT2D eigenvalue weighted by Gasteiger charge is 2.26. The van der Waals surface area contributed by atoms with Crippen LogP contribution >= 0.6 is 11.6 Å². The molecule has 0 spiro atoms. The Balaban J connectivity index is 2.58. The second-order valence-electron chi connectivity index (χ2n) is 4.20. The fourth-order valence-electron chi connectivity index (χ4n) is 1.72. The van der Waals surface area contributed by atoms with Crippen molar-refractivity contribution in [2.45, 2.75) is 11.8 Å². The highest BCUT2D eigenvalue weighted by Crippen LogP contribution is 2.23. The van der Waals surface area contributed by atoms with Crippen LogP contribution in [-0.4, -0.2) is 18.7 Å². The molecule has 0 radical (unpaired) electrons. The van der Waals surface area contributed by atoms with Gasteiger partial charge in [0.2, 0.25) is 14.9 Å². The molecule has 0 saturated carbocycles. The first-order valence-electron chi connectivity index (χ1n) is 5.75. The van der Waals surface area contributed by atoms with Gasteiger partial charge in [-0.2, -0.15) is 0 Å². The average molecular weight is 310 g/mol. The monoisotopic (exact) mass is 309 g/mol. The van der Waals surface area contributed by atoms with Crippen molar-refractivity contribution < 1.29 is 13.6 Å². The number of oxime groups is 1. The molecule has 0 amide bonds. The maximum Gasteiger partial charge on any atom is 0.227 e. The van der Waals surface area contributed by atoms with Crippen molar-refractivity contribution in [3.63, 3.8) is 0 Å².